The van der Waals surface area contributed by atoms with Crippen LogP contribution in [0.3, 0.4) is 0 Å². The molecule has 0 unspecified atom stereocenters. The van der Waals surface area contributed by atoms with E-state index in [1.54, 1.807) is 19.4 Å². The number of hydrogen-bond acceptors (Lipinski definition) is 4. The van der Waals surface area contributed by atoms with Gasteiger partial charge in [0.25, 0.3) is 0 Å². The summed E-state index contributed by atoms with van der Waals surface area (Å²) in [6.07, 6.45) is 1.59. The fourth-order valence-corrected chi connectivity index (χ4v) is 1.49. The number of anilines is 2. The molecule has 0 aliphatic heterocycles. The smallest absolute Gasteiger partial charge is 0.118 e. The summed E-state index contributed by atoms with van der Waals surface area (Å²) >= 11 is 0. The third-order valence-electron chi connectivity index (χ3n) is 2.30. The standard InChI is InChI=1S/C12H13N3O/c1-16-10-4-2-8(3-5-10)12-11(14)6-9(13)7-15-12/h2-7H,13-14H2,1H3. The fraction of sp³-hybridized carbons (Fsp3) is 0.0833. The first-order valence-corrected chi connectivity index (χ1v) is 4.86. The lowest BCUT2D eigenvalue weighted by atomic mass is 10.1. The summed E-state index contributed by atoms with van der Waals surface area (Å²) in [5, 5.41) is 0. The molecule has 0 fully saturated rings. The van der Waals surface area contributed by atoms with Crippen LogP contribution in [-0.4, -0.2) is 12.1 Å². The monoisotopic (exact) mass is 215 g/mol. The highest BCUT2D eigenvalue weighted by Crippen LogP contribution is 2.26. The van der Waals surface area contributed by atoms with Crippen molar-refractivity contribution in [3.63, 3.8) is 0 Å². The van der Waals surface area contributed by atoms with Crippen molar-refractivity contribution in [3.05, 3.63) is 36.5 Å². The number of ether oxygens (including phenoxy) is 1. The van der Waals surface area contributed by atoms with Crippen LogP contribution >= 0.6 is 0 Å². The summed E-state index contributed by atoms with van der Waals surface area (Å²) in [4.78, 5) is 4.21. The topological polar surface area (TPSA) is 74.2 Å². The van der Waals surface area contributed by atoms with E-state index in [-0.39, 0.29) is 0 Å². The fourth-order valence-electron chi connectivity index (χ4n) is 1.49. The molecule has 1 heterocycles. The Labute approximate surface area is 93.9 Å². The van der Waals surface area contributed by atoms with Gasteiger partial charge in [-0.05, 0) is 30.3 Å². The second kappa shape index (κ2) is 4.10. The molecule has 4 nitrogen and oxygen atoms in total. The van der Waals surface area contributed by atoms with Crippen LogP contribution in [0.5, 0.6) is 5.75 Å². The molecule has 4 heteroatoms. The normalized spacial score (nSPS) is 10.1. The Hall–Kier alpha value is -2.23. The van der Waals surface area contributed by atoms with E-state index in [9.17, 15) is 0 Å². The molecule has 2 rings (SSSR count). The van der Waals surface area contributed by atoms with Gasteiger partial charge in [-0.1, -0.05) is 0 Å². The summed E-state index contributed by atoms with van der Waals surface area (Å²) in [5.74, 6) is 0.803. The number of pyridine rings is 1. The minimum Gasteiger partial charge on any atom is -0.497 e. The number of rotatable bonds is 2. The molecule has 0 bridgehead atoms. The van der Waals surface area contributed by atoms with Crippen LogP contribution in [0.1, 0.15) is 0 Å². The summed E-state index contributed by atoms with van der Waals surface area (Å²) in [6, 6.07) is 9.26. The zero-order valence-electron chi connectivity index (χ0n) is 8.97. The molecule has 0 atom stereocenters. The van der Waals surface area contributed by atoms with Gasteiger partial charge < -0.3 is 16.2 Å². The Kier molecular flexibility index (Phi) is 2.64. The molecule has 0 spiro atoms. The number of aromatic nitrogens is 1. The summed E-state index contributed by atoms with van der Waals surface area (Å²) < 4.78 is 5.08. The van der Waals surface area contributed by atoms with E-state index in [4.69, 9.17) is 16.2 Å². The lowest BCUT2D eigenvalue weighted by Gasteiger charge is -2.06. The highest BCUT2D eigenvalue weighted by atomic mass is 16.5. The van der Waals surface area contributed by atoms with Crippen molar-refractivity contribution in [1.29, 1.82) is 0 Å². The first kappa shape index (κ1) is 10.3. The van der Waals surface area contributed by atoms with Gasteiger partial charge in [0.2, 0.25) is 0 Å². The lowest BCUT2D eigenvalue weighted by molar-refractivity contribution is 0.415. The van der Waals surface area contributed by atoms with Crippen LogP contribution in [0.4, 0.5) is 11.4 Å². The highest BCUT2D eigenvalue weighted by molar-refractivity contribution is 5.74. The molecule has 82 valence electrons. The number of benzene rings is 1. The van der Waals surface area contributed by atoms with Gasteiger partial charge in [-0.25, -0.2) is 0 Å². The van der Waals surface area contributed by atoms with Gasteiger partial charge in [0.1, 0.15) is 5.75 Å². The molecule has 4 N–H and O–H groups in total. The second-order valence-corrected chi connectivity index (χ2v) is 3.43. The van der Waals surface area contributed by atoms with Crippen molar-refractivity contribution in [3.8, 4) is 17.0 Å². The zero-order valence-corrected chi connectivity index (χ0v) is 8.97. The first-order valence-electron chi connectivity index (χ1n) is 4.86. The maximum Gasteiger partial charge on any atom is 0.118 e. The lowest BCUT2D eigenvalue weighted by Crippen LogP contribution is -1.96. The van der Waals surface area contributed by atoms with E-state index in [0.717, 1.165) is 17.0 Å². The van der Waals surface area contributed by atoms with E-state index in [2.05, 4.69) is 4.98 Å². The van der Waals surface area contributed by atoms with Crippen LogP contribution in [0.2, 0.25) is 0 Å². The number of nitrogens with zero attached hydrogens (tertiary/aromatic N) is 1. The zero-order chi connectivity index (χ0) is 11.5. The van der Waals surface area contributed by atoms with Gasteiger partial charge in [-0.15, -0.1) is 0 Å². The minimum atomic E-state index is 0.565. The largest absolute Gasteiger partial charge is 0.497 e. The molecule has 1 aromatic heterocycles. The number of methoxy groups -OCH3 is 1. The van der Waals surface area contributed by atoms with E-state index in [1.807, 2.05) is 24.3 Å². The molecule has 0 saturated carbocycles. The van der Waals surface area contributed by atoms with Crippen LogP contribution in [0.25, 0.3) is 11.3 Å². The average molecular weight is 215 g/mol. The van der Waals surface area contributed by atoms with E-state index < -0.39 is 0 Å². The highest BCUT2D eigenvalue weighted by Gasteiger charge is 2.04. The Balaban J connectivity index is 2.42. The van der Waals surface area contributed by atoms with Crippen molar-refractivity contribution < 1.29 is 4.74 Å². The molecule has 0 saturated heterocycles. The second-order valence-electron chi connectivity index (χ2n) is 3.43. The SMILES string of the molecule is COc1ccc(-c2ncc(N)cc2N)cc1. The molecule has 16 heavy (non-hydrogen) atoms. The van der Waals surface area contributed by atoms with Crippen molar-refractivity contribution >= 4 is 11.4 Å². The Morgan fingerprint density at radius 3 is 2.38 bits per heavy atom. The summed E-state index contributed by atoms with van der Waals surface area (Å²) in [7, 11) is 1.63. The van der Waals surface area contributed by atoms with E-state index in [0.29, 0.717) is 11.4 Å². The average Bonchev–Trinajstić information content (AvgIpc) is 2.29. The van der Waals surface area contributed by atoms with Crippen LogP contribution in [0.15, 0.2) is 36.5 Å². The van der Waals surface area contributed by atoms with Gasteiger partial charge in [0, 0.05) is 5.56 Å². The van der Waals surface area contributed by atoms with Crippen molar-refractivity contribution in [2.24, 2.45) is 0 Å². The molecule has 0 aliphatic rings. The maximum atomic E-state index is 5.85. The number of nitrogen functional groups attached to an aromatic ring is 2. The Morgan fingerprint density at radius 2 is 1.81 bits per heavy atom. The Morgan fingerprint density at radius 1 is 1.12 bits per heavy atom. The van der Waals surface area contributed by atoms with E-state index >= 15 is 0 Å². The first-order chi connectivity index (χ1) is 7.70. The predicted molar refractivity (Wildman–Crippen MR) is 65.0 cm³/mol. The molecular weight excluding hydrogens is 202 g/mol. The maximum absolute atomic E-state index is 5.85. The molecule has 0 aliphatic carbocycles. The molecule has 0 amide bonds. The van der Waals surface area contributed by atoms with Crippen molar-refractivity contribution in [1.82, 2.24) is 4.98 Å². The van der Waals surface area contributed by atoms with E-state index in [1.165, 1.54) is 0 Å². The molecular formula is C12H13N3O. The van der Waals surface area contributed by atoms with Crippen molar-refractivity contribution in [2.75, 3.05) is 18.6 Å². The third kappa shape index (κ3) is 1.91. The van der Waals surface area contributed by atoms with Crippen LogP contribution < -0.4 is 16.2 Å². The molecule has 1 aromatic carbocycles. The van der Waals surface area contributed by atoms with Crippen LogP contribution in [-0.2, 0) is 0 Å². The number of nitrogens with two attached hydrogens (primary N) is 2. The van der Waals surface area contributed by atoms with Gasteiger partial charge in [-0.2, -0.15) is 0 Å². The molecule has 0 radical (unpaired) electrons. The summed E-state index contributed by atoms with van der Waals surface area (Å²) in [6.45, 7) is 0. The number of hydrogen-bond donors (Lipinski definition) is 2. The molecule has 2 aromatic rings. The Bertz CT molecular complexity index is 494. The van der Waals surface area contributed by atoms with Gasteiger partial charge >= 0.3 is 0 Å². The summed E-state index contributed by atoms with van der Waals surface area (Å²) in [5.41, 5.74) is 14.3. The quantitative estimate of drug-likeness (QED) is 0.802. The predicted octanol–water partition coefficient (Wildman–Crippen LogP) is 1.92. The van der Waals surface area contributed by atoms with Gasteiger partial charge in [0.05, 0.1) is 30.4 Å². The van der Waals surface area contributed by atoms with Crippen molar-refractivity contribution in [2.45, 2.75) is 0 Å². The minimum absolute atomic E-state index is 0.565. The third-order valence-corrected chi connectivity index (χ3v) is 2.30. The van der Waals surface area contributed by atoms with Gasteiger partial charge in [-0.3, -0.25) is 4.98 Å². The van der Waals surface area contributed by atoms with Gasteiger partial charge in [0.15, 0.2) is 0 Å². The van der Waals surface area contributed by atoms with Crippen LogP contribution in [0, 0.1) is 0 Å².